The van der Waals surface area contributed by atoms with Gasteiger partial charge in [-0.15, -0.1) is 0 Å². The monoisotopic (exact) mass is 338 g/mol. The second kappa shape index (κ2) is 8.15. The molecule has 138 valence electrons. The quantitative estimate of drug-likeness (QED) is 0.788. The minimum Gasteiger partial charge on any atom is -0.379 e. The summed E-state index contributed by atoms with van der Waals surface area (Å²) in [6.07, 6.45) is 4.69. The third-order valence-electron chi connectivity index (χ3n) is 6.03. The van der Waals surface area contributed by atoms with E-state index in [9.17, 15) is 4.79 Å². The molecule has 2 saturated heterocycles. The van der Waals surface area contributed by atoms with Gasteiger partial charge in [-0.3, -0.25) is 9.69 Å². The summed E-state index contributed by atoms with van der Waals surface area (Å²) >= 11 is 0. The normalized spacial score (nSPS) is 36.7. The topological polar surface area (TPSA) is 42.0 Å². The van der Waals surface area contributed by atoms with Gasteiger partial charge in [-0.1, -0.05) is 26.7 Å². The smallest absolute Gasteiger partial charge is 0.251 e. The lowest BCUT2D eigenvalue weighted by atomic mass is 9.88. The second-order valence-corrected chi connectivity index (χ2v) is 8.11. The zero-order chi connectivity index (χ0) is 17.1. The average Bonchev–Trinajstić information content (AvgIpc) is 2.96. The molecule has 3 rings (SSSR count). The van der Waals surface area contributed by atoms with Crippen molar-refractivity contribution in [2.75, 3.05) is 39.4 Å². The van der Waals surface area contributed by atoms with E-state index >= 15 is 0 Å². The SMILES string of the molecule is CC1CCCC(OC(C)C(=O)N2CC(C)C(N3CCOCC3)C2)C1. The standard InChI is InChI=1S/C19H34N2O3/c1-14-5-4-6-17(11-14)24-16(3)19(22)21-12-15(2)18(13-21)20-7-9-23-10-8-20/h14-18H,4-13H2,1-3H3. The van der Waals surface area contributed by atoms with Crippen molar-refractivity contribution in [3.63, 3.8) is 0 Å². The van der Waals surface area contributed by atoms with Crippen LogP contribution in [0.15, 0.2) is 0 Å². The third kappa shape index (κ3) is 4.30. The van der Waals surface area contributed by atoms with Crippen LogP contribution in [0.4, 0.5) is 0 Å². The molecule has 0 aromatic carbocycles. The van der Waals surface area contributed by atoms with Crippen molar-refractivity contribution < 1.29 is 14.3 Å². The zero-order valence-corrected chi connectivity index (χ0v) is 15.6. The third-order valence-corrected chi connectivity index (χ3v) is 6.03. The summed E-state index contributed by atoms with van der Waals surface area (Å²) in [6, 6.07) is 0.472. The molecule has 5 unspecified atom stereocenters. The van der Waals surface area contributed by atoms with Crippen molar-refractivity contribution in [1.82, 2.24) is 9.80 Å². The molecule has 3 aliphatic rings. The lowest BCUT2D eigenvalue weighted by Crippen LogP contribution is -2.47. The Morgan fingerprint density at radius 1 is 1.17 bits per heavy atom. The van der Waals surface area contributed by atoms with Gasteiger partial charge < -0.3 is 14.4 Å². The predicted octanol–water partition coefficient (Wildman–Crippen LogP) is 2.15. The molecule has 24 heavy (non-hydrogen) atoms. The molecule has 0 bridgehead atoms. The highest BCUT2D eigenvalue weighted by atomic mass is 16.5. The van der Waals surface area contributed by atoms with E-state index in [1.54, 1.807) is 0 Å². The Morgan fingerprint density at radius 2 is 1.92 bits per heavy atom. The first kappa shape index (κ1) is 18.2. The highest BCUT2D eigenvalue weighted by Gasteiger charge is 2.38. The minimum atomic E-state index is -0.309. The van der Waals surface area contributed by atoms with Crippen LogP contribution in [-0.4, -0.2) is 73.3 Å². The van der Waals surface area contributed by atoms with Crippen LogP contribution in [0.25, 0.3) is 0 Å². The van der Waals surface area contributed by atoms with Crippen molar-refractivity contribution in [1.29, 1.82) is 0 Å². The van der Waals surface area contributed by atoms with Crippen LogP contribution in [0.1, 0.15) is 46.5 Å². The molecule has 5 atom stereocenters. The number of morpholine rings is 1. The number of nitrogens with zero attached hydrogens (tertiary/aromatic N) is 2. The van der Waals surface area contributed by atoms with Crippen LogP contribution in [-0.2, 0) is 14.3 Å². The van der Waals surface area contributed by atoms with Gasteiger partial charge in [0.05, 0.1) is 19.3 Å². The van der Waals surface area contributed by atoms with Gasteiger partial charge in [0, 0.05) is 32.2 Å². The largest absolute Gasteiger partial charge is 0.379 e. The summed E-state index contributed by atoms with van der Waals surface area (Å²) in [7, 11) is 0. The molecule has 0 spiro atoms. The lowest BCUT2D eigenvalue weighted by molar-refractivity contribution is -0.147. The summed E-state index contributed by atoms with van der Waals surface area (Å²) in [4.78, 5) is 17.4. The van der Waals surface area contributed by atoms with Gasteiger partial charge in [0.25, 0.3) is 5.91 Å². The van der Waals surface area contributed by atoms with Gasteiger partial charge in [-0.05, 0) is 31.6 Å². The Hall–Kier alpha value is -0.650. The van der Waals surface area contributed by atoms with Crippen molar-refractivity contribution >= 4 is 5.91 Å². The van der Waals surface area contributed by atoms with E-state index in [1.165, 1.54) is 12.8 Å². The molecule has 1 saturated carbocycles. The number of hydrogen-bond acceptors (Lipinski definition) is 4. The Bertz CT molecular complexity index is 425. The first-order valence-corrected chi connectivity index (χ1v) is 9.80. The highest BCUT2D eigenvalue weighted by Crippen LogP contribution is 2.28. The van der Waals surface area contributed by atoms with Crippen LogP contribution < -0.4 is 0 Å². The second-order valence-electron chi connectivity index (χ2n) is 8.11. The van der Waals surface area contributed by atoms with Gasteiger partial charge in [0.1, 0.15) is 6.10 Å². The fourth-order valence-corrected chi connectivity index (χ4v) is 4.62. The van der Waals surface area contributed by atoms with Gasteiger partial charge in [-0.2, -0.15) is 0 Å². The first-order chi connectivity index (χ1) is 11.5. The highest BCUT2D eigenvalue weighted by molar-refractivity contribution is 5.81. The van der Waals surface area contributed by atoms with E-state index in [-0.39, 0.29) is 18.1 Å². The fraction of sp³-hybridized carbons (Fsp3) is 0.947. The molecule has 0 N–H and O–H groups in total. The molecule has 2 aliphatic heterocycles. The number of ether oxygens (including phenoxy) is 2. The molecule has 5 heteroatoms. The molecule has 0 aromatic rings. The van der Waals surface area contributed by atoms with Gasteiger partial charge in [0.15, 0.2) is 0 Å². The number of carbonyl (C=O) groups is 1. The molecule has 0 radical (unpaired) electrons. The van der Waals surface area contributed by atoms with Crippen LogP contribution in [0, 0.1) is 11.8 Å². The maximum Gasteiger partial charge on any atom is 0.251 e. The Balaban J connectivity index is 1.51. The Morgan fingerprint density at radius 3 is 2.62 bits per heavy atom. The molecule has 3 fully saturated rings. The van der Waals surface area contributed by atoms with Gasteiger partial charge in [0.2, 0.25) is 0 Å². The Kier molecular flexibility index (Phi) is 6.17. The van der Waals surface area contributed by atoms with Gasteiger partial charge >= 0.3 is 0 Å². The van der Waals surface area contributed by atoms with E-state index < -0.39 is 0 Å². The van der Waals surface area contributed by atoms with Crippen LogP contribution in [0.3, 0.4) is 0 Å². The van der Waals surface area contributed by atoms with Crippen molar-refractivity contribution in [2.24, 2.45) is 11.8 Å². The predicted molar refractivity (Wildman–Crippen MR) is 93.9 cm³/mol. The van der Waals surface area contributed by atoms with E-state index in [4.69, 9.17) is 9.47 Å². The first-order valence-electron chi connectivity index (χ1n) is 9.80. The maximum atomic E-state index is 12.8. The van der Waals surface area contributed by atoms with E-state index in [1.807, 2.05) is 11.8 Å². The van der Waals surface area contributed by atoms with Crippen LogP contribution >= 0.6 is 0 Å². The van der Waals surface area contributed by atoms with E-state index in [0.717, 1.165) is 58.2 Å². The summed E-state index contributed by atoms with van der Waals surface area (Å²) < 4.78 is 11.6. The molecular weight excluding hydrogens is 304 g/mol. The number of rotatable bonds is 4. The molecule has 1 aliphatic carbocycles. The number of hydrogen-bond donors (Lipinski definition) is 0. The summed E-state index contributed by atoms with van der Waals surface area (Å²) in [6.45, 7) is 11.8. The van der Waals surface area contributed by atoms with Crippen molar-refractivity contribution in [3.8, 4) is 0 Å². The van der Waals surface area contributed by atoms with E-state index in [2.05, 4.69) is 18.7 Å². The number of amides is 1. The Labute approximate surface area is 146 Å². The van der Waals surface area contributed by atoms with E-state index in [0.29, 0.717) is 12.0 Å². The number of carbonyl (C=O) groups excluding carboxylic acids is 1. The lowest BCUT2D eigenvalue weighted by Gasteiger charge is -2.34. The van der Waals surface area contributed by atoms with Crippen LogP contribution in [0.2, 0.25) is 0 Å². The minimum absolute atomic E-state index is 0.177. The molecule has 0 aromatic heterocycles. The summed E-state index contributed by atoms with van der Waals surface area (Å²) in [5, 5.41) is 0. The fourth-order valence-electron chi connectivity index (χ4n) is 4.62. The number of likely N-dealkylation sites (tertiary alicyclic amines) is 1. The molecular formula is C19H34N2O3. The molecule has 2 heterocycles. The van der Waals surface area contributed by atoms with Crippen molar-refractivity contribution in [2.45, 2.75) is 64.7 Å². The summed E-state index contributed by atoms with van der Waals surface area (Å²) in [5.41, 5.74) is 0. The zero-order valence-electron chi connectivity index (χ0n) is 15.6. The summed E-state index contributed by atoms with van der Waals surface area (Å²) in [5.74, 6) is 1.42. The maximum absolute atomic E-state index is 12.8. The molecule has 1 amide bonds. The van der Waals surface area contributed by atoms with Crippen molar-refractivity contribution in [3.05, 3.63) is 0 Å². The van der Waals surface area contributed by atoms with Crippen LogP contribution in [0.5, 0.6) is 0 Å². The molecule has 5 nitrogen and oxygen atoms in total. The van der Waals surface area contributed by atoms with Gasteiger partial charge in [-0.25, -0.2) is 0 Å². The average molecular weight is 338 g/mol.